The third-order valence-corrected chi connectivity index (χ3v) is 7.91. The van der Waals surface area contributed by atoms with Crippen LogP contribution in [0.3, 0.4) is 0 Å². The summed E-state index contributed by atoms with van der Waals surface area (Å²) in [5.74, 6) is 0. The Morgan fingerprint density at radius 1 is 0.395 bits per heavy atom. The molecule has 0 atom stereocenters. The van der Waals surface area contributed by atoms with Crippen LogP contribution in [-0.2, 0) is 5.41 Å². The second-order valence-electron chi connectivity index (χ2n) is 9.93. The van der Waals surface area contributed by atoms with Gasteiger partial charge in [-0.3, -0.25) is 0 Å². The van der Waals surface area contributed by atoms with Crippen LogP contribution in [0.1, 0.15) is 22.3 Å². The van der Waals surface area contributed by atoms with Crippen LogP contribution in [-0.4, -0.2) is 0 Å². The number of anilines is 1. The van der Waals surface area contributed by atoms with E-state index in [1.54, 1.807) is 0 Å². The quantitative estimate of drug-likeness (QED) is 0.247. The molecule has 1 aliphatic rings. The van der Waals surface area contributed by atoms with E-state index >= 15 is 0 Å². The number of hydrogen-bond acceptors (Lipinski definition) is 1. The molecule has 0 unspecified atom stereocenters. The van der Waals surface area contributed by atoms with Gasteiger partial charge in [-0.25, -0.2) is 0 Å². The van der Waals surface area contributed by atoms with E-state index in [1.807, 2.05) is 6.07 Å². The highest BCUT2D eigenvalue weighted by Gasteiger charge is 2.47. The van der Waals surface area contributed by atoms with E-state index in [0.717, 1.165) is 16.8 Å². The Morgan fingerprint density at radius 3 is 1.45 bits per heavy atom. The fourth-order valence-electron chi connectivity index (χ4n) is 6.32. The van der Waals surface area contributed by atoms with Gasteiger partial charge in [0.15, 0.2) is 0 Å². The first-order valence-electron chi connectivity index (χ1n) is 13.1. The summed E-state index contributed by atoms with van der Waals surface area (Å²) in [6, 6.07) is 54.2. The Kier molecular flexibility index (Phi) is 5.23. The molecule has 38 heavy (non-hydrogen) atoms. The second-order valence-corrected chi connectivity index (χ2v) is 9.93. The molecule has 0 spiro atoms. The lowest BCUT2D eigenvalue weighted by atomic mass is 9.67. The maximum atomic E-state index is 6.89. The summed E-state index contributed by atoms with van der Waals surface area (Å²) in [7, 11) is 0. The number of hydrogen-bond donors (Lipinski definition) is 1. The fourth-order valence-corrected chi connectivity index (χ4v) is 6.32. The van der Waals surface area contributed by atoms with E-state index in [-0.39, 0.29) is 0 Å². The molecule has 6 aromatic rings. The maximum absolute atomic E-state index is 6.89. The van der Waals surface area contributed by atoms with Crippen molar-refractivity contribution in [2.75, 3.05) is 5.73 Å². The molecule has 1 aliphatic carbocycles. The van der Waals surface area contributed by atoms with Crippen molar-refractivity contribution in [1.29, 1.82) is 0 Å². The zero-order valence-electron chi connectivity index (χ0n) is 21.0. The Bertz CT molecular complexity index is 1700. The van der Waals surface area contributed by atoms with Gasteiger partial charge in [0.25, 0.3) is 0 Å². The van der Waals surface area contributed by atoms with Crippen molar-refractivity contribution in [3.05, 3.63) is 174 Å². The molecule has 7 rings (SSSR count). The minimum atomic E-state index is -0.485. The largest absolute Gasteiger partial charge is 0.398 e. The van der Waals surface area contributed by atoms with E-state index in [2.05, 4.69) is 146 Å². The molecule has 0 saturated carbocycles. The molecular weight excluding hydrogens is 458 g/mol. The fraction of sp³-hybridized carbons (Fsp3) is 0.0270. The highest BCUT2D eigenvalue weighted by molar-refractivity contribution is 5.98. The topological polar surface area (TPSA) is 26.0 Å². The van der Waals surface area contributed by atoms with Gasteiger partial charge in [0.1, 0.15) is 0 Å². The van der Waals surface area contributed by atoms with Crippen molar-refractivity contribution in [2.24, 2.45) is 0 Å². The number of fused-ring (bicyclic) bond motifs is 3. The molecule has 0 bridgehead atoms. The van der Waals surface area contributed by atoms with Gasteiger partial charge in [0.05, 0.1) is 5.41 Å². The Hall–Kier alpha value is -4.88. The van der Waals surface area contributed by atoms with Crippen molar-refractivity contribution in [2.45, 2.75) is 5.41 Å². The summed E-state index contributed by atoms with van der Waals surface area (Å²) in [4.78, 5) is 0. The zero-order chi connectivity index (χ0) is 25.5. The number of rotatable bonds is 4. The lowest BCUT2D eigenvalue weighted by Gasteiger charge is -2.34. The lowest BCUT2D eigenvalue weighted by Crippen LogP contribution is -2.28. The summed E-state index contributed by atoms with van der Waals surface area (Å²) in [5.41, 5.74) is 19.3. The SMILES string of the molecule is Nc1cc2c(cc1-c1ccccc1)-c1c(-c3ccccc3)cccc1C2(c1ccccc1)c1ccccc1. The summed E-state index contributed by atoms with van der Waals surface area (Å²) < 4.78 is 0. The average molecular weight is 486 g/mol. The van der Waals surface area contributed by atoms with Gasteiger partial charge in [-0.2, -0.15) is 0 Å². The first-order valence-corrected chi connectivity index (χ1v) is 13.1. The van der Waals surface area contributed by atoms with Crippen LogP contribution in [0.15, 0.2) is 152 Å². The van der Waals surface area contributed by atoms with Gasteiger partial charge in [-0.05, 0) is 62.2 Å². The van der Waals surface area contributed by atoms with E-state index < -0.39 is 5.41 Å². The van der Waals surface area contributed by atoms with E-state index in [9.17, 15) is 0 Å². The third-order valence-electron chi connectivity index (χ3n) is 7.91. The normalized spacial score (nSPS) is 13.1. The van der Waals surface area contributed by atoms with Crippen molar-refractivity contribution in [3.63, 3.8) is 0 Å². The van der Waals surface area contributed by atoms with Gasteiger partial charge in [0.2, 0.25) is 0 Å². The smallest absolute Gasteiger partial charge is 0.0714 e. The zero-order valence-corrected chi connectivity index (χ0v) is 21.0. The average Bonchev–Trinajstić information content (AvgIpc) is 3.28. The molecule has 0 fully saturated rings. The van der Waals surface area contributed by atoms with Crippen LogP contribution in [0, 0.1) is 0 Å². The predicted molar refractivity (Wildman–Crippen MR) is 159 cm³/mol. The third kappa shape index (κ3) is 3.26. The van der Waals surface area contributed by atoms with Crippen molar-refractivity contribution >= 4 is 5.69 Å². The summed E-state index contributed by atoms with van der Waals surface area (Å²) in [5, 5.41) is 0. The molecule has 0 radical (unpaired) electrons. The van der Waals surface area contributed by atoms with Crippen LogP contribution in [0.2, 0.25) is 0 Å². The van der Waals surface area contributed by atoms with Crippen LogP contribution >= 0.6 is 0 Å². The second kappa shape index (κ2) is 8.90. The van der Waals surface area contributed by atoms with Crippen LogP contribution < -0.4 is 5.73 Å². The molecule has 1 nitrogen and oxygen atoms in total. The van der Waals surface area contributed by atoms with Crippen LogP contribution in [0.5, 0.6) is 0 Å². The van der Waals surface area contributed by atoms with Gasteiger partial charge in [0, 0.05) is 11.3 Å². The molecule has 0 saturated heterocycles. The molecule has 0 amide bonds. The molecular formula is C37H27N. The molecule has 180 valence electrons. The maximum Gasteiger partial charge on any atom is 0.0714 e. The molecule has 0 aromatic heterocycles. The molecule has 1 heteroatoms. The monoisotopic (exact) mass is 485 g/mol. The Balaban J connectivity index is 1.65. The van der Waals surface area contributed by atoms with Crippen molar-refractivity contribution in [3.8, 4) is 33.4 Å². The van der Waals surface area contributed by atoms with E-state index in [1.165, 1.54) is 44.5 Å². The van der Waals surface area contributed by atoms with E-state index in [0.29, 0.717) is 0 Å². The lowest BCUT2D eigenvalue weighted by molar-refractivity contribution is 0.769. The highest BCUT2D eigenvalue weighted by Crippen LogP contribution is 2.59. The van der Waals surface area contributed by atoms with Crippen LogP contribution in [0.4, 0.5) is 5.69 Å². The van der Waals surface area contributed by atoms with Crippen molar-refractivity contribution < 1.29 is 0 Å². The Labute approximate surface area is 223 Å². The first-order chi connectivity index (χ1) is 18.8. The first kappa shape index (κ1) is 22.3. The van der Waals surface area contributed by atoms with Crippen LogP contribution in [0.25, 0.3) is 33.4 Å². The molecule has 2 N–H and O–H groups in total. The van der Waals surface area contributed by atoms with Gasteiger partial charge in [-0.1, -0.05) is 140 Å². The summed E-state index contributed by atoms with van der Waals surface area (Å²) in [6.45, 7) is 0. The molecule has 6 aromatic carbocycles. The minimum Gasteiger partial charge on any atom is -0.398 e. The van der Waals surface area contributed by atoms with Gasteiger partial charge < -0.3 is 5.73 Å². The van der Waals surface area contributed by atoms with Gasteiger partial charge >= 0.3 is 0 Å². The van der Waals surface area contributed by atoms with Gasteiger partial charge in [-0.15, -0.1) is 0 Å². The van der Waals surface area contributed by atoms with E-state index in [4.69, 9.17) is 5.73 Å². The summed E-state index contributed by atoms with van der Waals surface area (Å²) in [6.07, 6.45) is 0. The molecule has 0 aliphatic heterocycles. The predicted octanol–water partition coefficient (Wildman–Crippen LogP) is 8.97. The molecule has 0 heterocycles. The standard InChI is InChI=1S/C37H27N/c38-35-25-34-32(24-31(35)27-16-7-2-8-17-27)36-30(26-14-5-1-6-15-26)22-13-23-33(36)37(34,28-18-9-3-10-19-28)29-20-11-4-12-21-29/h1-25H,38H2. The number of benzene rings is 6. The number of nitrogens with two attached hydrogens (primary N) is 1. The Morgan fingerprint density at radius 2 is 0.895 bits per heavy atom. The summed E-state index contributed by atoms with van der Waals surface area (Å²) >= 11 is 0. The van der Waals surface area contributed by atoms with Crippen molar-refractivity contribution in [1.82, 2.24) is 0 Å². The minimum absolute atomic E-state index is 0.485. The highest BCUT2D eigenvalue weighted by atomic mass is 14.6. The number of nitrogen functional groups attached to an aromatic ring is 1.